The molecule has 0 saturated heterocycles. The molecule has 0 aromatic carbocycles. The molecule has 3 rings (SSSR count). The van der Waals surface area contributed by atoms with Crippen molar-refractivity contribution < 1.29 is 0 Å². The number of aromatic nitrogens is 1. The van der Waals surface area contributed by atoms with Crippen LogP contribution in [0.25, 0.3) is 0 Å². The predicted molar refractivity (Wildman–Crippen MR) is 68.3 cm³/mol. The summed E-state index contributed by atoms with van der Waals surface area (Å²) in [6.45, 7) is 2.88. The summed E-state index contributed by atoms with van der Waals surface area (Å²) in [4.78, 5) is 7.02. The highest BCUT2D eigenvalue weighted by Crippen LogP contribution is 2.35. The largest absolute Gasteiger partial charge is 0.325 e. The summed E-state index contributed by atoms with van der Waals surface area (Å²) >= 11 is 0. The lowest BCUT2D eigenvalue weighted by Gasteiger charge is -2.22. The van der Waals surface area contributed by atoms with E-state index >= 15 is 0 Å². The average Bonchev–Trinajstić information content (AvgIpc) is 3.21. The van der Waals surface area contributed by atoms with Gasteiger partial charge in [0.05, 0.1) is 5.69 Å². The molecule has 2 aliphatic rings. The molecule has 92 valence electrons. The highest BCUT2D eigenvalue weighted by atomic mass is 15.2. The fourth-order valence-corrected chi connectivity index (χ4v) is 2.43. The first-order chi connectivity index (χ1) is 8.36. The smallest absolute Gasteiger partial charge is 0.0584 e. The van der Waals surface area contributed by atoms with Crippen LogP contribution in [0.1, 0.15) is 36.9 Å². The van der Waals surface area contributed by atoms with Crippen LogP contribution in [0.4, 0.5) is 0 Å². The van der Waals surface area contributed by atoms with Crippen molar-refractivity contribution in [3.63, 3.8) is 0 Å². The van der Waals surface area contributed by atoms with Crippen LogP contribution in [0.3, 0.4) is 0 Å². The van der Waals surface area contributed by atoms with Gasteiger partial charge in [-0.05, 0) is 43.2 Å². The van der Waals surface area contributed by atoms with Gasteiger partial charge in [-0.25, -0.2) is 0 Å². The van der Waals surface area contributed by atoms with Crippen LogP contribution in [0.5, 0.6) is 0 Å². The third-order valence-corrected chi connectivity index (χ3v) is 3.80. The van der Waals surface area contributed by atoms with Gasteiger partial charge >= 0.3 is 0 Å². The monoisotopic (exact) mass is 231 g/mol. The zero-order chi connectivity index (χ0) is 11.7. The minimum atomic E-state index is 0.554. The van der Waals surface area contributed by atoms with Crippen molar-refractivity contribution in [1.82, 2.24) is 9.88 Å². The molecule has 2 saturated carbocycles. The van der Waals surface area contributed by atoms with Crippen molar-refractivity contribution in [1.29, 1.82) is 0 Å². The molecule has 2 fully saturated rings. The van der Waals surface area contributed by atoms with Gasteiger partial charge in [0.15, 0.2) is 0 Å². The summed E-state index contributed by atoms with van der Waals surface area (Å²) in [5, 5.41) is 0. The molecule has 1 heterocycles. The van der Waals surface area contributed by atoms with E-state index in [2.05, 4.69) is 16.0 Å². The molecular weight excluding hydrogens is 210 g/mol. The Kier molecular flexibility index (Phi) is 3.12. The van der Waals surface area contributed by atoms with E-state index in [1.165, 1.54) is 37.8 Å². The Bertz CT molecular complexity index is 383. The first kappa shape index (κ1) is 11.2. The van der Waals surface area contributed by atoms with Crippen molar-refractivity contribution in [3.8, 4) is 0 Å². The van der Waals surface area contributed by atoms with Crippen molar-refractivity contribution >= 4 is 0 Å². The minimum absolute atomic E-state index is 0.554. The molecule has 17 heavy (non-hydrogen) atoms. The summed E-state index contributed by atoms with van der Waals surface area (Å²) in [6.07, 6.45) is 7.46. The third kappa shape index (κ3) is 2.85. The van der Waals surface area contributed by atoms with Crippen LogP contribution in [0, 0.1) is 5.92 Å². The molecule has 1 aromatic heterocycles. The molecule has 0 bridgehead atoms. The molecule has 0 aliphatic heterocycles. The zero-order valence-corrected chi connectivity index (χ0v) is 10.3. The van der Waals surface area contributed by atoms with Gasteiger partial charge in [-0.1, -0.05) is 6.07 Å². The molecule has 0 amide bonds. The van der Waals surface area contributed by atoms with Crippen molar-refractivity contribution in [2.24, 2.45) is 11.7 Å². The highest BCUT2D eigenvalue weighted by Gasteiger charge is 2.33. The lowest BCUT2D eigenvalue weighted by atomic mass is 10.1. The van der Waals surface area contributed by atoms with E-state index in [1.807, 2.05) is 12.3 Å². The van der Waals surface area contributed by atoms with Crippen LogP contribution < -0.4 is 5.73 Å². The number of nitrogens with zero attached hydrogens (tertiary/aromatic N) is 2. The highest BCUT2D eigenvalue weighted by molar-refractivity contribution is 5.20. The van der Waals surface area contributed by atoms with E-state index in [1.54, 1.807) is 0 Å². The van der Waals surface area contributed by atoms with E-state index in [4.69, 9.17) is 5.73 Å². The SMILES string of the molecule is NCc1ncccc1CN(CC1CC1)C1CC1. The molecule has 0 radical (unpaired) electrons. The Balaban J connectivity index is 1.69. The molecular formula is C14H21N3. The fourth-order valence-electron chi connectivity index (χ4n) is 2.43. The maximum atomic E-state index is 5.75. The van der Waals surface area contributed by atoms with Gasteiger partial charge in [0, 0.05) is 31.9 Å². The van der Waals surface area contributed by atoms with Crippen molar-refractivity contribution in [3.05, 3.63) is 29.6 Å². The molecule has 2 aliphatic carbocycles. The van der Waals surface area contributed by atoms with E-state index in [0.29, 0.717) is 6.54 Å². The second-order valence-electron chi connectivity index (χ2n) is 5.42. The van der Waals surface area contributed by atoms with Gasteiger partial charge in [-0.15, -0.1) is 0 Å². The van der Waals surface area contributed by atoms with Crippen LogP contribution in [0.15, 0.2) is 18.3 Å². The lowest BCUT2D eigenvalue weighted by molar-refractivity contribution is 0.243. The molecule has 2 N–H and O–H groups in total. The summed E-state index contributed by atoms with van der Waals surface area (Å²) in [5.41, 5.74) is 8.14. The van der Waals surface area contributed by atoms with Crippen LogP contribution >= 0.6 is 0 Å². The first-order valence-electron chi connectivity index (χ1n) is 6.73. The number of rotatable bonds is 6. The predicted octanol–water partition coefficient (Wildman–Crippen LogP) is 1.91. The Labute approximate surface area is 103 Å². The second kappa shape index (κ2) is 4.75. The minimum Gasteiger partial charge on any atom is -0.325 e. The Morgan fingerprint density at radius 2 is 2.12 bits per heavy atom. The van der Waals surface area contributed by atoms with Gasteiger partial charge in [-0.2, -0.15) is 0 Å². The molecule has 3 heteroatoms. The van der Waals surface area contributed by atoms with E-state index in [0.717, 1.165) is 24.2 Å². The first-order valence-corrected chi connectivity index (χ1v) is 6.73. The van der Waals surface area contributed by atoms with Gasteiger partial charge in [0.25, 0.3) is 0 Å². The molecule has 0 spiro atoms. The Hall–Kier alpha value is -0.930. The van der Waals surface area contributed by atoms with Gasteiger partial charge in [0.2, 0.25) is 0 Å². The van der Waals surface area contributed by atoms with Gasteiger partial charge in [0.1, 0.15) is 0 Å². The maximum absolute atomic E-state index is 5.75. The average molecular weight is 231 g/mol. The number of hydrogen-bond acceptors (Lipinski definition) is 3. The molecule has 3 nitrogen and oxygen atoms in total. The summed E-state index contributed by atoms with van der Waals surface area (Å²) in [7, 11) is 0. The number of hydrogen-bond donors (Lipinski definition) is 1. The normalized spacial score (nSPS) is 19.9. The Morgan fingerprint density at radius 1 is 1.29 bits per heavy atom. The topological polar surface area (TPSA) is 42.1 Å². The quantitative estimate of drug-likeness (QED) is 0.813. The van der Waals surface area contributed by atoms with Gasteiger partial charge in [-0.3, -0.25) is 9.88 Å². The summed E-state index contributed by atoms with van der Waals surface area (Å²) in [6, 6.07) is 5.04. The lowest BCUT2D eigenvalue weighted by Crippen LogP contribution is -2.28. The number of pyridine rings is 1. The van der Waals surface area contributed by atoms with Gasteiger partial charge < -0.3 is 5.73 Å². The molecule has 1 aromatic rings. The second-order valence-corrected chi connectivity index (χ2v) is 5.42. The van der Waals surface area contributed by atoms with E-state index in [9.17, 15) is 0 Å². The van der Waals surface area contributed by atoms with E-state index in [-0.39, 0.29) is 0 Å². The standard InChI is InChI=1S/C14H21N3/c15-8-14-12(2-1-7-16-14)10-17(13-5-6-13)9-11-3-4-11/h1-2,7,11,13H,3-6,8-10,15H2. The van der Waals surface area contributed by atoms with Crippen molar-refractivity contribution in [2.75, 3.05) is 6.54 Å². The van der Waals surface area contributed by atoms with E-state index < -0.39 is 0 Å². The third-order valence-electron chi connectivity index (χ3n) is 3.80. The van der Waals surface area contributed by atoms with Crippen LogP contribution in [0.2, 0.25) is 0 Å². The summed E-state index contributed by atoms with van der Waals surface area (Å²) in [5.74, 6) is 0.966. The van der Waals surface area contributed by atoms with Crippen LogP contribution in [-0.4, -0.2) is 22.5 Å². The Morgan fingerprint density at radius 3 is 2.76 bits per heavy atom. The summed E-state index contributed by atoms with van der Waals surface area (Å²) < 4.78 is 0. The van der Waals surface area contributed by atoms with Crippen molar-refractivity contribution in [2.45, 2.75) is 44.8 Å². The number of nitrogens with two attached hydrogens (primary N) is 1. The maximum Gasteiger partial charge on any atom is 0.0584 e. The van der Waals surface area contributed by atoms with Crippen LogP contribution in [-0.2, 0) is 13.1 Å². The molecule has 0 atom stereocenters. The fraction of sp³-hybridized carbons (Fsp3) is 0.643. The molecule has 0 unspecified atom stereocenters. The zero-order valence-electron chi connectivity index (χ0n) is 10.3.